The van der Waals surface area contributed by atoms with E-state index in [9.17, 15) is 14.9 Å². The number of thioether (sulfide) groups is 1. The van der Waals surface area contributed by atoms with E-state index in [0.29, 0.717) is 33.4 Å². The van der Waals surface area contributed by atoms with Crippen molar-refractivity contribution in [3.05, 3.63) is 50.7 Å². The molecular weight excluding hydrogens is 420 g/mol. The van der Waals surface area contributed by atoms with E-state index in [1.807, 2.05) is 37.4 Å². The lowest BCUT2D eigenvalue weighted by molar-refractivity contribution is -0.116. The smallest absolute Gasteiger partial charge is 0.262 e. The van der Waals surface area contributed by atoms with Crippen LogP contribution in [-0.2, 0) is 11.3 Å². The quantitative estimate of drug-likeness (QED) is 0.408. The molecule has 10 heteroatoms. The maximum atomic E-state index is 12.9. The number of rotatable bonds is 7. The highest BCUT2D eigenvalue weighted by molar-refractivity contribution is 7.99. The van der Waals surface area contributed by atoms with Crippen LogP contribution in [0, 0.1) is 18.3 Å². The van der Waals surface area contributed by atoms with Gasteiger partial charge in [-0.15, -0.1) is 21.5 Å². The molecule has 1 aromatic carbocycles. The minimum absolute atomic E-state index is 0.0544. The van der Waals surface area contributed by atoms with E-state index in [0.717, 1.165) is 12.1 Å². The maximum Gasteiger partial charge on any atom is 0.262 e. The van der Waals surface area contributed by atoms with Crippen molar-refractivity contribution in [2.45, 2.75) is 37.9 Å². The number of nitrogens with zero attached hydrogens (tertiary/aromatic N) is 6. The van der Waals surface area contributed by atoms with Gasteiger partial charge in [0.05, 0.1) is 22.7 Å². The summed E-state index contributed by atoms with van der Waals surface area (Å²) in [5.41, 5.74) is 1.38. The van der Waals surface area contributed by atoms with Gasteiger partial charge in [-0.25, -0.2) is 4.98 Å². The zero-order valence-corrected chi connectivity index (χ0v) is 18.0. The van der Waals surface area contributed by atoms with E-state index in [1.165, 1.54) is 23.1 Å². The molecule has 152 valence electrons. The number of aryl methyl sites for hydroxylation is 2. The molecule has 0 aliphatic heterocycles. The molecule has 3 heterocycles. The molecule has 4 aromatic rings. The van der Waals surface area contributed by atoms with Crippen LogP contribution in [0.1, 0.15) is 30.0 Å². The highest BCUT2D eigenvalue weighted by Gasteiger charge is 2.24. The molecule has 0 saturated carbocycles. The summed E-state index contributed by atoms with van der Waals surface area (Å²) in [5.74, 6) is -0.633. The zero-order valence-electron chi connectivity index (χ0n) is 16.4. The second-order valence-corrected chi connectivity index (χ2v) is 8.57. The maximum absolute atomic E-state index is 12.9. The van der Waals surface area contributed by atoms with Crippen LogP contribution in [0.5, 0.6) is 0 Å². The van der Waals surface area contributed by atoms with Crippen molar-refractivity contribution >= 4 is 45.6 Å². The summed E-state index contributed by atoms with van der Waals surface area (Å²) < 4.78 is 3.41. The average molecular weight is 439 g/mol. The fraction of sp³-hybridized carbons (Fsp3) is 0.300. The van der Waals surface area contributed by atoms with Crippen molar-refractivity contribution in [3.63, 3.8) is 0 Å². The van der Waals surface area contributed by atoms with Gasteiger partial charge in [0.25, 0.3) is 5.56 Å². The van der Waals surface area contributed by atoms with Crippen LogP contribution in [0.3, 0.4) is 0 Å². The summed E-state index contributed by atoms with van der Waals surface area (Å²) >= 11 is 2.52. The van der Waals surface area contributed by atoms with Crippen LogP contribution >= 0.6 is 23.1 Å². The van der Waals surface area contributed by atoms with Crippen molar-refractivity contribution in [2.24, 2.45) is 0 Å². The van der Waals surface area contributed by atoms with E-state index < -0.39 is 5.92 Å². The summed E-state index contributed by atoms with van der Waals surface area (Å²) in [7, 11) is 0. The Morgan fingerprint density at radius 3 is 2.83 bits per heavy atom. The standard InChI is InChI=1S/C20H18N6O2S2/c1-3-8-25-18(28)13-6-4-5-7-15(13)26-19(25)23-24-20(26)30-11-16(27)14(9-21)17-22-12(2)10-29-17/h4-7,10,14H,3,8,11H2,1-2H3/t14-/m0/s1. The van der Waals surface area contributed by atoms with Gasteiger partial charge in [0.2, 0.25) is 5.78 Å². The average Bonchev–Trinajstić information content (AvgIpc) is 3.36. The molecule has 0 radical (unpaired) electrons. The van der Waals surface area contributed by atoms with Crippen molar-refractivity contribution in [3.8, 4) is 6.07 Å². The van der Waals surface area contributed by atoms with Crippen LogP contribution in [0.4, 0.5) is 0 Å². The number of fused-ring (bicyclic) bond motifs is 3. The predicted octanol–water partition coefficient (Wildman–Crippen LogP) is 3.19. The van der Waals surface area contributed by atoms with E-state index in [4.69, 9.17) is 0 Å². The van der Waals surface area contributed by atoms with Gasteiger partial charge in [-0.3, -0.25) is 18.6 Å². The Bertz CT molecular complexity index is 1350. The zero-order chi connectivity index (χ0) is 21.3. The Morgan fingerprint density at radius 1 is 1.33 bits per heavy atom. The number of aromatic nitrogens is 5. The molecule has 0 spiro atoms. The Balaban J connectivity index is 1.71. The summed E-state index contributed by atoms with van der Waals surface area (Å²) in [6.07, 6.45) is 0.777. The second kappa shape index (κ2) is 8.38. The number of carbonyl (C=O) groups excluding carboxylic acids is 1. The first-order valence-electron chi connectivity index (χ1n) is 9.39. The molecular formula is C20H18N6O2S2. The van der Waals surface area contributed by atoms with Crippen LogP contribution in [-0.4, -0.2) is 35.7 Å². The van der Waals surface area contributed by atoms with Crippen LogP contribution < -0.4 is 5.56 Å². The molecule has 0 aliphatic carbocycles. The van der Waals surface area contributed by atoms with E-state index in [1.54, 1.807) is 15.0 Å². The van der Waals surface area contributed by atoms with Crippen molar-refractivity contribution in [1.82, 2.24) is 24.1 Å². The van der Waals surface area contributed by atoms with Gasteiger partial charge in [0.15, 0.2) is 16.9 Å². The van der Waals surface area contributed by atoms with E-state index >= 15 is 0 Å². The number of thiazole rings is 1. The molecule has 0 unspecified atom stereocenters. The Morgan fingerprint density at radius 2 is 2.13 bits per heavy atom. The Labute approximate surface area is 180 Å². The molecule has 30 heavy (non-hydrogen) atoms. The fourth-order valence-corrected chi connectivity index (χ4v) is 4.95. The van der Waals surface area contributed by atoms with Crippen LogP contribution in [0.25, 0.3) is 16.7 Å². The van der Waals surface area contributed by atoms with E-state index in [2.05, 4.69) is 21.3 Å². The number of para-hydroxylation sites is 1. The Hall–Kier alpha value is -3.03. The molecule has 3 aromatic heterocycles. The van der Waals surface area contributed by atoms with Gasteiger partial charge >= 0.3 is 0 Å². The number of hydrogen-bond acceptors (Lipinski definition) is 8. The number of Topliss-reactive ketones (excluding diaryl/α,β-unsaturated/α-hetero) is 1. The number of nitriles is 1. The molecule has 0 aliphatic rings. The summed E-state index contributed by atoms with van der Waals surface area (Å²) in [4.78, 5) is 29.9. The molecule has 1 atom stereocenters. The molecule has 4 rings (SSSR count). The SMILES string of the molecule is CCCn1c(=O)c2ccccc2n2c(SCC(=O)[C@H](C#N)c3nc(C)cs3)nnc12. The first kappa shape index (κ1) is 20.3. The number of ketones is 1. The van der Waals surface area contributed by atoms with Gasteiger partial charge in [-0.05, 0) is 25.5 Å². The first-order chi connectivity index (χ1) is 14.5. The number of benzene rings is 1. The molecule has 0 N–H and O–H groups in total. The topological polar surface area (TPSA) is 106 Å². The van der Waals surface area contributed by atoms with Crippen LogP contribution in [0.2, 0.25) is 0 Å². The summed E-state index contributed by atoms with van der Waals surface area (Å²) in [6, 6.07) is 9.34. The molecule has 0 saturated heterocycles. The van der Waals surface area contributed by atoms with Gasteiger partial charge in [0, 0.05) is 17.6 Å². The molecule has 8 nitrogen and oxygen atoms in total. The number of hydrogen-bond donors (Lipinski definition) is 0. The third-order valence-electron chi connectivity index (χ3n) is 4.60. The van der Waals surface area contributed by atoms with Crippen LogP contribution in [0.15, 0.2) is 39.6 Å². The fourth-order valence-electron chi connectivity index (χ4n) is 3.24. The normalized spacial score (nSPS) is 12.3. The van der Waals surface area contributed by atoms with Gasteiger partial charge in [-0.1, -0.05) is 30.8 Å². The van der Waals surface area contributed by atoms with Gasteiger partial charge < -0.3 is 0 Å². The summed E-state index contributed by atoms with van der Waals surface area (Å²) in [5, 5.41) is 21.3. The highest BCUT2D eigenvalue weighted by atomic mass is 32.2. The largest absolute Gasteiger partial charge is 0.297 e. The predicted molar refractivity (Wildman–Crippen MR) is 116 cm³/mol. The second-order valence-electron chi connectivity index (χ2n) is 6.74. The highest BCUT2D eigenvalue weighted by Crippen LogP contribution is 2.26. The lowest BCUT2D eigenvalue weighted by atomic mass is 10.1. The third-order valence-corrected chi connectivity index (χ3v) is 6.58. The number of carbonyl (C=O) groups is 1. The van der Waals surface area contributed by atoms with Crippen molar-refractivity contribution < 1.29 is 4.79 Å². The van der Waals surface area contributed by atoms with Crippen molar-refractivity contribution in [2.75, 3.05) is 5.75 Å². The third kappa shape index (κ3) is 3.51. The minimum Gasteiger partial charge on any atom is -0.297 e. The molecule has 0 amide bonds. The minimum atomic E-state index is -0.898. The molecule has 0 bridgehead atoms. The monoisotopic (exact) mass is 438 g/mol. The van der Waals surface area contributed by atoms with Gasteiger partial charge in [-0.2, -0.15) is 5.26 Å². The summed E-state index contributed by atoms with van der Waals surface area (Å²) in [6.45, 7) is 4.34. The van der Waals surface area contributed by atoms with Crippen molar-refractivity contribution in [1.29, 1.82) is 5.26 Å². The lowest BCUT2D eigenvalue weighted by Crippen LogP contribution is -2.23. The van der Waals surface area contributed by atoms with E-state index in [-0.39, 0.29) is 17.1 Å². The first-order valence-corrected chi connectivity index (χ1v) is 11.3. The Kier molecular flexibility index (Phi) is 5.65. The molecule has 0 fully saturated rings. The van der Waals surface area contributed by atoms with Gasteiger partial charge in [0.1, 0.15) is 5.01 Å². The lowest BCUT2D eigenvalue weighted by Gasteiger charge is -2.10.